The molecule has 0 aliphatic heterocycles. The second-order valence-electron chi connectivity index (χ2n) is 4.37. The van der Waals surface area contributed by atoms with Gasteiger partial charge in [0.05, 0.1) is 11.1 Å². The molecule has 0 saturated carbocycles. The fraction of sp³-hybridized carbons (Fsp3) is 0.214. The second kappa shape index (κ2) is 6.10. The molecule has 0 fully saturated rings. The fourth-order valence-electron chi connectivity index (χ4n) is 1.99. The highest BCUT2D eigenvalue weighted by Crippen LogP contribution is 2.25. The minimum atomic E-state index is -0.334. The van der Waals surface area contributed by atoms with E-state index in [0.29, 0.717) is 22.6 Å². The molecule has 1 atom stereocenters. The molecule has 3 nitrogen and oxygen atoms in total. The van der Waals surface area contributed by atoms with Crippen molar-refractivity contribution in [1.29, 1.82) is 0 Å². The molecule has 0 amide bonds. The predicted molar refractivity (Wildman–Crippen MR) is 74.2 cm³/mol. The maximum atomic E-state index is 14.1. The Morgan fingerprint density at radius 1 is 1.42 bits per heavy atom. The van der Waals surface area contributed by atoms with E-state index in [4.69, 9.17) is 17.4 Å². The molecule has 1 heterocycles. The van der Waals surface area contributed by atoms with Gasteiger partial charge in [-0.1, -0.05) is 29.8 Å². The molecular formula is C14H15ClFN3. The maximum absolute atomic E-state index is 14.1. The Morgan fingerprint density at radius 3 is 2.89 bits per heavy atom. The number of nitrogens with zero attached hydrogens (tertiary/aromatic N) is 1. The zero-order valence-corrected chi connectivity index (χ0v) is 11.3. The zero-order chi connectivity index (χ0) is 13.8. The van der Waals surface area contributed by atoms with Crippen LogP contribution in [0.3, 0.4) is 0 Å². The third-order valence-corrected chi connectivity index (χ3v) is 3.42. The van der Waals surface area contributed by atoms with Crippen LogP contribution < -0.4 is 11.3 Å². The Hall–Kier alpha value is -1.49. The van der Waals surface area contributed by atoms with Gasteiger partial charge >= 0.3 is 0 Å². The highest BCUT2D eigenvalue weighted by atomic mass is 35.5. The van der Waals surface area contributed by atoms with E-state index in [1.54, 1.807) is 37.5 Å². The van der Waals surface area contributed by atoms with Gasteiger partial charge in [0.25, 0.3) is 0 Å². The van der Waals surface area contributed by atoms with Gasteiger partial charge in [0.1, 0.15) is 5.82 Å². The average Bonchev–Trinajstić information content (AvgIpc) is 2.41. The first-order valence-electron chi connectivity index (χ1n) is 5.93. The molecule has 0 bridgehead atoms. The maximum Gasteiger partial charge on any atom is 0.130 e. The third-order valence-electron chi connectivity index (χ3n) is 3.08. The predicted octanol–water partition coefficient (Wildman–Crippen LogP) is 2.93. The van der Waals surface area contributed by atoms with Gasteiger partial charge in [-0.2, -0.15) is 0 Å². The van der Waals surface area contributed by atoms with Gasteiger partial charge in [-0.05, 0) is 30.5 Å². The SMILES string of the molecule is Cc1cccc(C(Cc2ccncc2Cl)NN)c1F. The summed E-state index contributed by atoms with van der Waals surface area (Å²) in [6.07, 6.45) is 3.72. The Labute approximate surface area is 116 Å². The number of rotatable bonds is 4. The third kappa shape index (κ3) is 3.10. The van der Waals surface area contributed by atoms with Crippen molar-refractivity contribution in [3.05, 3.63) is 64.2 Å². The molecule has 0 radical (unpaired) electrons. The molecule has 0 aliphatic rings. The largest absolute Gasteiger partial charge is 0.271 e. The zero-order valence-electron chi connectivity index (χ0n) is 10.5. The molecule has 3 N–H and O–H groups in total. The number of nitrogens with one attached hydrogen (secondary N) is 1. The van der Waals surface area contributed by atoms with Gasteiger partial charge in [0.15, 0.2) is 0 Å². The molecule has 1 unspecified atom stereocenters. The molecule has 0 spiro atoms. The summed E-state index contributed by atoms with van der Waals surface area (Å²) in [7, 11) is 0. The van der Waals surface area contributed by atoms with Gasteiger partial charge in [0.2, 0.25) is 0 Å². The van der Waals surface area contributed by atoms with Crippen molar-refractivity contribution in [3.8, 4) is 0 Å². The minimum absolute atomic E-state index is 0.240. The highest BCUT2D eigenvalue weighted by Gasteiger charge is 2.17. The molecule has 2 aromatic rings. The van der Waals surface area contributed by atoms with Crippen LogP contribution in [0.2, 0.25) is 5.02 Å². The van der Waals surface area contributed by atoms with Crippen molar-refractivity contribution >= 4 is 11.6 Å². The number of hydrogen-bond acceptors (Lipinski definition) is 3. The van der Waals surface area contributed by atoms with Crippen molar-refractivity contribution in [2.75, 3.05) is 0 Å². The van der Waals surface area contributed by atoms with Crippen molar-refractivity contribution in [1.82, 2.24) is 10.4 Å². The summed E-state index contributed by atoms with van der Waals surface area (Å²) in [6.45, 7) is 1.73. The lowest BCUT2D eigenvalue weighted by Gasteiger charge is -2.18. The van der Waals surface area contributed by atoms with E-state index < -0.39 is 0 Å². The Bertz CT molecular complexity index is 574. The smallest absolute Gasteiger partial charge is 0.130 e. The van der Waals surface area contributed by atoms with E-state index in [0.717, 1.165) is 5.56 Å². The van der Waals surface area contributed by atoms with E-state index in [9.17, 15) is 4.39 Å². The monoisotopic (exact) mass is 279 g/mol. The molecule has 19 heavy (non-hydrogen) atoms. The van der Waals surface area contributed by atoms with E-state index in [2.05, 4.69) is 10.4 Å². The number of aromatic nitrogens is 1. The van der Waals surface area contributed by atoms with Crippen LogP contribution in [0.4, 0.5) is 4.39 Å². The van der Waals surface area contributed by atoms with E-state index >= 15 is 0 Å². The van der Waals surface area contributed by atoms with E-state index in [1.807, 2.05) is 6.07 Å². The van der Waals surface area contributed by atoms with Crippen LogP contribution in [0.25, 0.3) is 0 Å². The molecule has 0 saturated heterocycles. The summed E-state index contributed by atoms with van der Waals surface area (Å²) in [5.74, 6) is 5.31. The van der Waals surface area contributed by atoms with E-state index in [-0.39, 0.29) is 11.9 Å². The van der Waals surface area contributed by atoms with Crippen LogP contribution in [0.5, 0.6) is 0 Å². The average molecular weight is 280 g/mol. The van der Waals surface area contributed by atoms with Gasteiger partial charge < -0.3 is 0 Å². The molecule has 1 aromatic carbocycles. The summed E-state index contributed by atoms with van der Waals surface area (Å²) < 4.78 is 14.1. The number of hydrogen-bond donors (Lipinski definition) is 2. The standard InChI is InChI=1S/C14H15ClFN3/c1-9-3-2-4-11(14(9)16)13(19-17)7-10-5-6-18-8-12(10)15/h2-6,8,13,19H,7,17H2,1H3. The van der Waals surface area contributed by atoms with E-state index in [1.165, 1.54) is 0 Å². The first-order chi connectivity index (χ1) is 9.13. The van der Waals surface area contributed by atoms with Crippen LogP contribution >= 0.6 is 11.6 Å². The number of nitrogens with two attached hydrogens (primary N) is 1. The van der Waals surface area contributed by atoms with Crippen LogP contribution in [0.1, 0.15) is 22.7 Å². The van der Waals surface area contributed by atoms with Crippen molar-refractivity contribution in [2.24, 2.45) is 5.84 Å². The molecule has 1 aromatic heterocycles. The number of halogens is 2. The molecule has 100 valence electrons. The van der Waals surface area contributed by atoms with Crippen LogP contribution in [-0.2, 0) is 6.42 Å². The highest BCUT2D eigenvalue weighted by molar-refractivity contribution is 6.31. The quantitative estimate of drug-likeness (QED) is 0.668. The Morgan fingerprint density at radius 2 is 2.21 bits per heavy atom. The number of benzene rings is 1. The number of pyridine rings is 1. The van der Waals surface area contributed by atoms with Gasteiger partial charge in [-0.25, -0.2) is 4.39 Å². The summed E-state index contributed by atoms with van der Waals surface area (Å²) in [6, 6.07) is 6.74. The Kier molecular flexibility index (Phi) is 4.47. The lowest BCUT2D eigenvalue weighted by atomic mass is 9.98. The number of hydrazine groups is 1. The fourth-order valence-corrected chi connectivity index (χ4v) is 2.18. The van der Waals surface area contributed by atoms with Crippen LogP contribution in [0, 0.1) is 12.7 Å². The lowest BCUT2D eigenvalue weighted by Crippen LogP contribution is -2.30. The van der Waals surface area contributed by atoms with Crippen LogP contribution in [0.15, 0.2) is 36.7 Å². The van der Waals surface area contributed by atoms with Crippen molar-refractivity contribution in [3.63, 3.8) is 0 Å². The summed E-state index contributed by atoms with van der Waals surface area (Å²) in [5, 5.41) is 0.552. The molecule has 0 aliphatic carbocycles. The Balaban J connectivity index is 2.31. The molecular weight excluding hydrogens is 265 g/mol. The molecule has 2 rings (SSSR count). The summed E-state index contributed by atoms with van der Waals surface area (Å²) in [4.78, 5) is 3.92. The van der Waals surface area contributed by atoms with Gasteiger partial charge in [-0.15, -0.1) is 0 Å². The van der Waals surface area contributed by atoms with Crippen LogP contribution in [-0.4, -0.2) is 4.98 Å². The van der Waals surface area contributed by atoms with Crippen molar-refractivity contribution < 1.29 is 4.39 Å². The number of aryl methyl sites for hydroxylation is 1. The minimum Gasteiger partial charge on any atom is -0.271 e. The summed E-state index contributed by atoms with van der Waals surface area (Å²) >= 11 is 6.06. The first kappa shape index (κ1) is 13.9. The van der Waals surface area contributed by atoms with Gasteiger partial charge in [0, 0.05) is 18.0 Å². The van der Waals surface area contributed by atoms with Crippen molar-refractivity contribution in [2.45, 2.75) is 19.4 Å². The second-order valence-corrected chi connectivity index (χ2v) is 4.78. The van der Waals surface area contributed by atoms with Gasteiger partial charge in [-0.3, -0.25) is 16.3 Å². The normalized spacial score (nSPS) is 12.4. The lowest BCUT2D eigenvalue weighted by molar-refractivity contribution is 0.507. The first-order valence-corrected chi connectivity index (χ1v) is 6.30. The summed E-state index contributed by atoms with van der Waals surface area (Å²) in [5.41, 5.74) is 4.65. The molecule has 5 heteroatoms. The topological polar surface area (TPSA) is 50.9 Å².